The topological polar surface area (TPSA) is 88.6 Å². The maximum Gasteiger partial charge on any atom is 0.339 e. The predicted molar refractivity (Wildman–Crippen MR) is 119 cm³/mol. The third kappa shape index (κ3) is 5.45. The molecule has 0 spiro atoms. The minimum Gasteiger partial charge on any atom is -0.452 e. The first-order chi connectivity index (χ1) is 14.7. The van der Waals surface area contributed by atoms with Crippen LogP contribution in [0.1, 0.15) is 27.2 Å². The van der Waals surface area contributed by atoms with Gasteiger partial charge in [-0.25, -0.2) is 4.79 Å². The maximum absolute atomic E-state index is 12.6. The molecule has 1 heterocycles. The van der Waals surface area contributed by atoms with E-state index >= 15 is 0 Å². The van der Waals surface area contributed by atoms with Crippen molar-refractivity contribution in [1.82, 2.24) is 9.88 Å². The van der Waals surface area contributed by atoms with Crippen LogP contribution in [0.2, 0.25) is 0 Å². The number of carbonyl (C=O) groups is 3. The summed E-state index contributed by atoms with van der Waals surface area (Å²) in [6.45, 7) is 5.01. The largest absolute Gasteiger partial charge is 0.452 e. The van der Waals surface area contributed by atoms with Crippen molar-refractivity contribution in [2.45, 2.75) is 20.8 Å². The SMILES string of the molecule is Cc1ccc(C)c(NC(=O)CN(C)C(=O)COC(=O)c2cc(C)nc3ccccc23)c1. The second-order valence-electron chi connectivity index (χ2n) is 7.52. The molecule has 0 saturated carbocycles. The Morgan fingerprint density at radius 2 is 1.77 bits per heavy atom. The van der Waals surface area contributed by atoms with Gasteiger partial charge in [-0.2, -0.15) is 0 Å². The third-order valence-electron chi connectivity index (χ3n) is 4.86. The van der Waals surface area contributed by atoms with Gasteiger partial charge < -0.3 is 15.0 Å². The fraction of sp³-hybridized carbons (Fsp3) is 0.250. The van der Waals surface area contributed by atoms with E-state index in [1.165, 1.54) is 11.9 Å². The van der Waals surface area contributed by atoms with E-state index < -0.39 is 18.5 Å². The molecule has 0 aliphatic rings. The number of aryl methyl sites for hydroxylation is 3. The van der Waals surface area contributed by atoms with Crippen LogP contribution in [-0.2, 0) is 14.3 Å². The van der Waals surface area contributed by atoms with E-state index in [1.807, 2.05) is 50.2 Å². The Morgan fingerprint density at radius 3 is 2.55 bits per heavy atom. The van der Waals surface area contributed by atoms with Crippen LogP contribution in [0.15, 0.2) is 48.5 Å². The van der Waals surface area contributed by atoms with Crippen LogP contribution in [0.3, 0.4) is 0 Å². The number of likely N-dealkylation sites (N-methyl/N-ethyl adjacent to an activating group) is 1. The Balaban J connectivity index is 1.58. The first kappa shape index (κ1) is 22.0. The van der Waals surface area contributed by atoms with Crippen molar-refractivity contribution >= 4 is 34.4 Å². The zero-order chi connectivity index (χ0) is 22.5. The second kappa shape index (κ2) is 9.38. The molecule has 0 saturated heterocycles. The molecule has 0 aliphatic heterocycles. The summed E-state index contributed by atoms with van der Waals surface area (Å²) in [5, 5.41) is 3.47. The molecule has 0 atom stereocenters. The number of hydrogen-bond donors (Lipinski definition) is 1. The third-order valence-corrected chi connectivity index (χ3v) is 4.86. The van der Waals surface area contributed by atoms with Gasteiger partial charge in [0.15, 0.2) is 6.61 Å². The zero-order valence-electron chi connectivity index (χ0n) is 18.1. The Morgan fingerprint density at radius 1 is 1.03 bits per heavy atom. The number of ether oxygens (including phenoxy) is 1. The lowest BCUT2D eigenvalue weighted by molar-refractivity contribution is -0.136. The Bertz CT molecular complexity index is 1160. The molecule has 0 aliphatic carbocycles. The van der Waals surface area contributed by atoms with Gasteiger partial charge in [-0.05, 0) is 50.1 Å². The van der Waals surface area contributed by atoms with Gasteiger partial charge >= 0.3 is 5.97 Å². The minimum atomic E-state index is -0.608. The number of esters is 1. The summed E-state index contributed by atoms with van der Waals surface area (Å²) in [7, 11) is 1.49. The number of hydrogen-bond acceptors (Lipinski definition) is 5. The first-order valence-corrected chi connectivity index (χ1v) is 9.89. The summed E-state index contributed by atoms with van der Waals surface area (Å²) >= 11 is 0. The van der Waals surface area contributed by atoms with Crippen LogP contribution in [0.5, 0.6) is 0 Å². The second-order valence-corrected chi connectivity index (χ2v) is 7.52. The number of rotatable bonds is 6. The lowest BCUT2D eigenvalue weighted by Gasteiger charge is -2.17. The van der Waals surface area contributed by atoms with Gasteiger partial charge in [0.1, 0.15) is 0 Å². The molecule has 0 radical (unpaired) electrons. The molecule has 1 N–H and O–H groups in total. The fourth-order valence-electron chi connectivity index (χ4n) is 3.16. The normalized spacial score (nSPS) is 10.6. The molecular formula is C24H25N3O4. The van der Waals surface area contributed by atoms with Crippen LogP contribution >= 0.6 is 0 Å². The molecule has 7 nitrogen and oxygen atoms in total. The Labute approximate surface area is 181 Å². The monoisotopic (exact) mass is 419 g/mol. The number of fused-ring (bicyclic) bond motifs is 1. The molecule has 0 bridgehead atoms. The van der Waals surface area contributed by atoms with E-state index in [-0.39, 0.29) is 12.5 Å². The van der Waals surface area contributed by atoms with Gasteiger partial charge in [-0.15, -0.1) is 0 Å². The van der Waals surface area contributed by atoms with Crippen molar-refractivity contribution in [3.05, 3.63) is 70.9 Å². The highest BCUT2D eigenvalue weighted by atomic mass is 16.5. The predicted octanol–water partition coefficient (Wildman–Crippen LogP) is 3.41. The van der Waals surface area contributed by atoms with E-state index in [0.717, 1.165) is 11.1 Å². The maximum atomic E-state index is 12.6. The Hall–Kier alpha value is -3.74. The number of benzene rings is 2. The summed E-state index contributed by atoms with van der Waals surface area (Å²) in [6.07, 6.45) is 0. The molecule has 2 amide bonds. The first-order valence-electron chi connectivity index (χ1n) is 9.89. The number of anilines is 1. The van der Waals surface area contributed by atoms with E-state index in [2.05, 4.69) is 10.3 Å². The molecule has 31 heavy (non-hydrogen) atoms. The van der Waals surface area contributed by atoms with Crippen molar-refractivity contribution in [3.63, 3.8) is 0 Å². The van der Waals surface area contributed by atoms with Gasteiger partial charge in [0, 0.05) is 23.8 Å². The van der Waals surface area contributed by atoms with Crippen molar-refractivity contribution in [2.24, 2.45) is 0 Å². The van der Waals surface area contributed by atoms with Crippen molar-refractivity contribution in [3.8, 4) is 0 Å². The molecular weight excluding hydrogens is 394 g/mol. The van der Waals surface area contributed by atoms with Crippen LogP contribution < -0.4 is 5.32 Å². The molecule has 2 aromatic carbocycles. The van der Waals surface area contributed by atoms with Gasteiger partial charge in [0.05, 0.1) is 17.6 Å². The van der Waals surface area contributed by atoms with Crippen LogP contribution in [0.4, 0.5) is 5.69 Å². The summed E-state index contributed by atoms with van der Waals surface area (Å²) in [4.78, 5) is 42.9. The Kier molecular flexibility index (Phi) is 6.65. The average molecular weight is 419 g/mol. The number of nitrogens with one attached hydrogen (secondary N) is 1. The minimum absolute atomic E-state index is 0.152. The number of pyridine rings is 1. The fourth-order valence-corrected chi connectivity index (χ4v) is 3.16. The number of aromatic nitrogens is 1. The average Bonchev–Trinajstić information content (AvgIpc) is 2.73. The number of nitrogens with zero attached hydrogens (tertiary/aromatic N) is 2. The molecule has 0 unspecified atom stereocenters. The summed E-state index contributed by atoms with van der Waals surface area (Å²) in [5.41, 5.74) is 4.37. The van der Waals surface area contributed by atoms with E-state index in [9.17, 15) is 14.4 Å². The lowest BCUT2D eigenvalue weighted by atomic mass is 10.1. The number of para-hydroxylation sites is 1. The zero-order valence-corrected chi connectivity index (χ0v) is 18.1. The van der Waals surface area contributed by atoms with Crippen LogP contribution in [0.25, 0.3) is 10.9 Å². The summed E-state index contributed by atoms with van der Waals surface area (Å²) < 4.78 is 5.22. The summed E-state index contributed by atoms with van der Waals surface area (Å²) in [5.74, 6) is -1.41. The molecule has 160 valence electrons. The number of carbonyl (C=O) groups excluding carboxylic acids is 3. The molecule has 7 heteroatoms. The van der Waals surface area contributed by atoms with E-state index in [0.29, 0.717) is 27.8 Å². The summed E-state index contributed by atoms with van der Waals surface area (Å²) in [6, 6.07) is 14.6. The van der Waals surface area contributed by atoms with Gasteiger partial charge in [-0.1, -0.05) is 30.3 Å². The molecule has 0 fully saturated rings. The van der Waals surface area contributed by atoms with Gasteiger partial charge in [0.25, 0.3) is 5.91 Å². The smallest absolute Gasteiger partial charge is 0.339 e. The van der Waals surface area contributed by atoms with Gasteiger partial charge in [-0.3, -0.25) is 14.6 Å². The highest BCUT2D eigenvalue weighted by Crippen LogP contribution is 2.19. The van der Waals surface area contributed by atoms with Crippen molar-refractivity contribution in [1.29, 1.82) is 0 Å². The van der Waals surface area contributed by atoms with E-state index in [4.69, 9.17) is 4.74 Å². The lowest BCUT2D eigenvalue weighted by Crippen LogP contribution is -2.37. The van der Waals surface area contributed by atoms with Crippen molar-refractivity contribution < 1.29 is 19.1 Å². The molecule has 3 rings (SSSR count). The van der Waals surface area contributed by atoms with E-state index in [1.54, 1.807) is 19.1 Å². The van der Waals surface area contributed by atoms with Crippen LogP contribution in [0, 0.1) is 20.8 Å². The van der Waals surface area contributed by atoms with Crippen molar-refractivity contribution in [2.75, 3.05) is 25.5 Å². The van der Waals surface area contributed by atoms with Crippen LogP contribution in [-0.4, -0.2) is 47.9 Å². The highest BCUT2D eigenvalue weighted by molar-refractivity contribution is 6.04. The highest BCUT2D eigenvalue weighted by Gasteiger charge is 2.18. The number of amides is 2. The standard InChI is InChI=1S/C24H25N3O4/c1-15-9-10-16(2)21(11-15)26-22(28)13-27(4)23(29)14-31-24(30)19-12-17(3)25-20-8-6-5-7-18(19)20/h5-12H,13-14H2,1-4H3,(H,26,28). The quantitative estimate of drug-likeness (QED) is 0.619. The molecule has 1 aromatic heterocycles. The molecule has 3 aromatic rings. The van der Waals surface area contributed by atoms with Gasteiger partial charge in [0.2, 0.25) is 5.91 Å².